The average molecular weight is 474 g/mol. The maximum Gasteiger partial charge on any atom is 0.394 e. The largest absolute Gasteiger partial charge is 0.394 e. The van der Waals surface area contributed by atoms with Crippen molar-refractivity contribution in [3.63, 3.8) is 0 Å². The minimum atomic E-state index is -4.40. The normalized spacial score (nSPS) is 14.8. The van der Waals surface area contributed by atoms with E-state index < -0.39 is 23.7 Å². The van der Waals surface area contributed by atoms with Gasteiger partial charge in [0.1, 0.15) is 0 Å². The molecule has 1 aliphatic heterocycles. The molecule has 0 saturated carbocycles. The molecule has 0 N–H and O–H groups in total. The van der Waals surface area contributed by atoms with Crippen LogP contribution in [0.3, 0.4) is 0 Å². The zero-order chi connectivity index (χ0) is 23.6. The summed E-state index contributed by atoms with van der Waals surface area (Å²) < 4.78 is 68.1. The molecule has 0 saturated heterocycles. The van der Waals surface area contributed by atoms with E-state index >= 15 is 0 Å². The lowest BCUT2D eigenvalue weighted by molar-refractivity contribution is -0.156. The topological polar surface area (TPSA) is 16.1 Å². The number of allylic oxidation sites excluding steroid dienone is 3. The first-order valence-electron chi connectivity index (χ1n) is 10.1. The molecule has 1 unspecified atom stereocenters. The molecule has 0 fully saturated rings. The molecule has 1 aliphatic rings. The minimum absolute atomic E-state index is 0.0389. The Morgan fingerprint density at radius 2 is 1.52 bits per heavy atom. The molecule has 0 radical (unpaired) electrons. The second kappa shape index (κ2) is 9.39. The molecule has 0 aliphatic carbocycles. The lowest BCUT2D eigenvalue weighted by Gasteiger charge is -2.33. The van der Waals surface area contributed by atoms with Gasteiger partial charge in [0.25, 0.3) is 0 Å². The van der Waals surface area contributed by atoms with Gasteiger partial charge in [-0.1, -0.05) is 61.2 Å². The summed E-state index contributed by atoms with van der Waals surface area (Å²) in [5.41, 5.74) is 1.56. The van der Waals surface area contributed by atoms with Crippen LogP contribution >= 0.6 is 11.8 Å². The van der Waals surface area contributed by atoms with Gasteiger partial charge in [-0.25, -0.2) is 8.78 Å². The molecule has 2 nitrogen and oxygen atoms in total. The molecule has 33 heavy (non-hydrogen) atoms. The van der Waals surface area contributed by atoms with Crippen molar-refractivity contribution in [1.29, 1.82) is 0 Å². The summed E-state index contributed by atoms with van der Waals surface area (Å²) in [7, 11) is 0. The predicted molar refractivity (Wildman–Crippen MR) is 121 cm³/mol. The Morgan fingerprint density at radius 3 is 2.06 bits per heavy atom. The summed E-state index contributed by atoms with van der Waals surface area (Å²) in [5, 5.41) is 0. The number of pyridine rings is 1. The van der Waals surface area contributed by atoms with Crippen molar-refractivity contribution in [2.45, 2.75) is 22.9 Å². The molecule has 0 amide bonds. The van der Waals surface area contributed by atoms with Crippen LogP contribution in [0.5, 0.6) is 0 Å². The van der Waals surface area contributed by atoms with Crippen molar-refractivity contribution in [2.75, 3.05) is 11.4 Å². The number of anilines is 2. The third-order valence-electron chi connectivity index (χ3n) is 5.25. The molecule has 0 bridgehead atoms. The van der Waals surface area contributed by atoms with Crippen LogP contribution in [0.2, 0.25) is 0 Å². The Morgan fingerprint density at radius 1 is 0.970 bits per heavy atom. The van der Waals surface area contributed by atoms with E-state index in [-0.39, 0.29) is 17.7 Å². The fourth-order valence-corrected chi connectivity index (χ4v) is 4.60. The number of alkyl halides is 3. The van der Waals surface area contributed by atoms with Crippen molar-refractivity contribution in [1.82, 2.24) is 4.98 Å². The molecule has 2 heterocycles. The lowest BCUT2D eigenvalue weighted by atomic mass is 10.0. The number of benzene rings is 2. The smallest absolute Gasteiger partial charge is 0.335 e. The highest BCUT2D eigenvalue weighted by Gasteiger charge is 2.33. The van der Waals surface area contributed by atoms with Gasteiger partial charge in [-0.3, -0.25) is 4.98 Å². The Hall–Kier alpha value is -3.13. The summed E-state index contributed by atoms with van der Waals surface area (Å²) >= 11 is 1.58. The molecule has 2 aromatic carbocycles. The van der Waals surface area contributed by atoms with Crippen molar-refractivity contribution >= 4 is 28.7 Å². The maximum atomic E-state index is 14.7. The van der Waals surface area contributed by atoms with E-state index in [1.807, 2.05) is 53.4 Å². The molecular weight excluding hydrogens is 455 g/mol. The summed E-state index contributed by atoms with van der Waals surface area (Å²) in [5.74, 6) is -3.46. The quantitative estimate of drug-likeness (QED) is 0.277. The van der Waals surface area contributed by atoms with Crippen LogP contribution in [0.1, 0.15) is 12.5 Å². The molecule has 4 rings (SSSR count). The maximum absolute atomic E-state index is 14.7. The number of halogens is 5. The second-order valence-corrected chi connectivity index (χ2v) is 8.59. The molecule has 0 spiro atoms. The molecule has 1 aromatic heterocycles. The lowest BCUT2D eigenvalue weighted by Crippen LogP contribution is -2.23. The highest BCUT2D eigenvalue weighted by molar-refractivity contribution is 7.99. The standard InChI is InChI=1S/C25H19F5N2S/c1-16(25(28,29)30)7-6-8-17(24-18(26)13-31-14-19(24)27)15-32-20-9-2-4-11-22(20)33-23-12-5-3-10-21(23)32/h2-14,16H,15H2,1H3/b7-6-,17-8+. The first kappa shape index (κ1) is 23.0. The summed E-state index contributed by atoms with van der Waals surface area (Å²) in [6.45, 7) is 1.06. The van der Waals surface area contributed by atoms with E-state index in [2.05, 4.69) is 4.98 Å². The summed E-state index contributed by atoms with van der Waals surface area (Å²) in [4.78, 5) is 7.37. The number of aromatic nitrogens is 1. The first-order chi connectivity index (χ1) is 15.8. The Balaban J connectivity index is 1.80. The van der Waals surface area contributed by atoms with E-state index in [1.54, 1.807) is 11.8 Å². The number of hydrogen-bond acceptors (Lipinski definition) is 3. The van der Waals surface area contributed by atoms with Crippen LogP contribution in [0.15, 0.2) is 88.9 Å². The van der Waals surface area contributed by atoms with Crippen LogP contribution in [-0.2, 0) is 0 Å². The van der Waals surface area contributed by atoms with Gasteiger partial charge >= 0.3 is 6.18 Å². The van der Waals surface area contributed by atoms with Gasteiger partial charge in [0.05, 0.1) is 35.2 Å². The third kappa shape index (κ3) is 4.95. The van der Waals surface area contributed by atoms with Gasteiger partial charge in [0.2, 0.25) is 0 Å². The number of rotatable bonds is 5. The Bertz CT molecular complexity index is 1150. The molecule has 8 heteroatoms. The van der Waals surface area contributed by atoms with Crippen molar-refractivity contribution in [2.24, 2.45) is 5.92 Å². The zero-order valence-corrected chi connectivity index (χ0v) is 18.3. The average Bonchev–Trinajstić information content (AvgIpc) is 2.77. The van der Waals surface area contributed by atoms with E-state index in [9.17, 15) is 22.0 Å². The monoisotopic (exact) mass is 474 g/mol. The van der Waals surface area contributed by atoms with E-state index in [0.29, 0.717) is 0 Å². The first-order valence-corrected chi connectivity index (χ1v) is 10.9. The van der Waals surface area contributed by atoms with Gasteiger partial charge < -0.3 is 4.90 Å². The highest BCUT2D eigenvalue weighted by atomic mass is 32.2. The highest BCUT2D eigenvalue weighted by Crippen LogP contribution is 2.48. The van der Waals surface area contributed by atoms with Crippen LogP contribution in [0.4, 0.5) is 33.3 Å². The second-order valence-electron chi connectivity index (χ2n) is 7.51. The van der Waals surface area contributed by atoms with Crippen LogP contribution in [-0.4, -0.2) is 17.7 Å². The van der Waals surface area contributed by atoms with E-state index in [0.717, 1.165) is 46.6 Å². The van der Waals surface area contributed by atoms with Crippen LogP contribution < -0.4 is 4.90 Å². The van der Waals surface area contributed by atoms with E-state index in [1.165, 1.54) is 12.2 Å². The molecule has 1 atom stereocenters. The third-order valence-corrected chi connectivity index (χ3v) is 6.38. The number of hydrogen-bond donors (Lipinski definition) is 0. The fraction of sp³-hybridized carbons (Fsp3) is 0.160. The van der Waals surface area contributed by atoms with Crippen molar-refractivity contribution in [3.05, 3.63) is 96.4 Å². The van der Waals surface area contributed by atoms with Gasteiger partial charge in [-0.05, 0) is 29.8 Å². The Labute approximate surface area is 192 Å². The number of fused-ring (bicyclic) bond motifs is 2. The zero-order valence-electron chi connectivity index (χ0n) is 17.5. The minimum Gasteiger partial charge on any atom is -0.335 e. The van der Waals surface area contributed by atoms with Gasteiger partial charge in [0.15, 0.2) is 11.6 Å². The van der Waals surface area contributed by atoms with Gasteiger partial charge in [0, 0.05) is 16.3 Å². The van der Waals surface area contributed by atoms with Crippen molar-refractivity contribution in [3.8, 4) is 0 Å². The van der Waals surface area contributed by atoms with Crippen LogP contribution in [0, 0.1) is 17.6 Å². The summed E-state index contributed by atoms with van der Waals surface area (Å²) in [6.07, 6.45) is 0.870. The predicted octanol–water partition coefficient (Wildman–Crippen LogP) is 7.80. The molecule has 3 aromatic rings. The SMILES string of the molecule is CC(/C=C\C=C(/CN1c2ccccc2Sc2ccccc21)c1c(F)cncc1F)C(F)(F)F. The van der Waals surface area contributed by atoms with E-state index in [4.69, 9.17) is 0 Å². The van der Waals surface area contributed by atoms with Crippen molar-refractivity contribution < 1.29 is 22.0 Å². The summed E-state index contributed by atoms with van der Waals surface area (Å²) in [6, 6.07) is 15.2. The number of nitrogens with zero attached hydrogens (tertiary/aromatic N) is 2. The van der Waals surface area contributed by atoms with Crippen LogP contribution in [0.25, 0.3) is 5.57 Å². The number of para-hydroxylation sites is 2. The fourth-order valence-electron chi connectivity index (χ4n) is 3.50. The van der Waals surface area contributed by atoms with Gasteiger partial charge in [-0.2, -0.15) is 13.2 Å². The van der Waals surface area contributed by atoms with Gasteiger partial charge in [-0.15, -0.1) is 0 Å². The molecular formula is C25H19F5N2S. The molecule has 170 valence electrons. The Kier molecular flexibility index (Phi) is 6.56.